The smallest absolute Gasteiger partial charge is 0.409 e. The van der Waals surface area contributed by atoms with Gasteiger partial charge in [-0.05, 0) is 50.6 Å². The molecule has 1 unspecified atom stereocenters. The van der Waals surface area contributed by atoms with Gasteiger partial charge in [-0.3, -0.25) is 5.32 Å². The van der Waals surface area contributed by atoms with E-state index >= 15 is 0 Å². The molecule has 1 atom stereocenters. The van der Waals surface area contributed by atoms with Crippen molar-refractivity contribution in [3.05, 3.63) is 35.6 Å². The third-order valence-electron chi connectivity index (χ3n) is 2.65. The van der Waals surface area contributed by atoms with E-state index in [0.29, 0.717) is 12.2 Å². The standard InChI is InChI=1S/C16H22FNO4S/c1-16(2,3)22-15(20)18-13(14(19)21-4)23-10-9-11-5-7-12(17)8-6-11/h5-8,13H,9-10H2,1-4H3,(H,18,20). The van der Waals surface area contributed by atoms with E-state index in [2.05, 4.69) is 10.1 Å². The van der Waals surface area contributed by atoms with E-state index in [0.717, 1.165) is 5.56 Å². The molecule has 128 valence electrons. The number of esters is 1. The summed E-state index contributed by atoms with van der Waals surface area (Å²) in [6, 6.07) is 6.14. The van der Waals surface area contributed by atoms with Crippen LogP contribution in [0.15, 0.2) is 24.3 Å². The van der Waals surface area contributed by atoms with Crippen LogP contribution in [0, 0.1) is 5.82 Å². The molecule has 7 heteroatoms. The van der Waals surface area contributed by atoms with E-state index in [1.807, 2.05) is 0 Å². The fraction of sp³-hybridized carbons (Fsp3) is 0.500. The lowest BCUT2D eigenvalue weighted by Crippen LogP contribution is -2.42. The maximum atomic E-state index is 12.8. The van der Waals surface area contributed by atoms with E-state index in [9.17, 15) is 14.0 Å². The molecule has 0 spiro atoms. The first-order valence-electron chi connectivity index (χ1n) is 7.14. The van der Waals surface area contributed by atoms with Gasteiger partial charge in [0, 0.05) is 0 Å². The number of rotatable bonds is 6. The van der Waals surface area contributed by atoms with E-state index in [1.54, 1.807) is 32.9 Å². The Balaban J connectivity index is 2.52. The van der Waals surface area contributed by atoms with Crippen LogP contribution in [0.25, 0.3) is 0 Å². The lowest BCUT2D eigenvalue weighted by Gasteiger charge is -2.22. The number of amides is 1. The summed E-state index contributed by atoms with van der Waals surface area (Å²) in [5.41, 5.74) is 0.295. The van der Waals surface area contributed by atoms with Gasteiger partial charge in [0.05, 0.1) is 7.11 Å². The number of hydrogen-bond acceptors (Lipinski definition) is 5. The number of methoxy groups -OCH3 is 1. The number of benzene rings is 1. The maximum absolute atomic E-state index is 12.8. The third kappa shape index (κ3) is 7.88. The highest BCUT2D eigenvalue weighted by atomic mass is 32.2. The summed E-state index contributed by atoms with van der Waals surface area (Å²) in [4.78, 5) is 23.5. The number of aryl methyl sites for hydroxylation is 1. The highest BCUT2D eigenvalue weighted by molar-refractivity contribution is 8.00. The van der Waals surface area contributed by atoms with Crippen LogP contribution >= 0.6 is 11.8 Å². The topological polar surface area (TPSA) is 64.6 Å². The van der Waals surface area contributed by atoms with Crippen molar-refractivity contribution < 1.29 is 23.5 Å². The lowest BCUT2D eigenvalue weighted by molar-refractivity contribution is -0.140. The lowest BCUT2D eigenvalue weighted by atomic mass is 10.2. The van der Waals surface area contributed by atoms with Crippen LogP contribution in [-0.2, 0) is 20.7 Å². The fourth-order valence-corrected chi connectivity index (χ4v) is 2.64. The van der Waals surface area contributed by atoms with Gasteiger partial charge in [0.2, 0.25) is 0 Å². The number of carbonyl (C=O) groups is 2. The second-order valence-corrected chi connectivity index (χ2v) is 7.01. The van der Waals surface area contributed by atoms with Crippen molar-refractivity contribution >= 4 is 23.8 Å². The number of halogens is 1. The van der Waals surface area contributed by atoms with Crippen LogP contribution in [0.3, 0.4) is 0 Å². The summed E-state index contributed by atoms with van der Waals surface area (Å²) in [6.07, 6.45) is -0.0452. The number of ether oxygens (including phenoxy) is 2. The summed E-state index contributed by atoms with van der Waals surface area (Å²) in [7, 11) is 1.26. The minimum Gasteiger partial charge on any atom is -0.467 e. The second-order valence-electron chi connectivity index (χ2n) is 5.80. The minimum absolute atomic E-state index is 0.291. The molecule has 0 fully saturated rings. The van der Waals surface area contributed by atoms with Gasteiger partial charge in [-0.2, -0.15) is 0 Å². The van der Waals surface area contributed by atoms with Crippen LogP contribution in [0.2, 0.25) is 0 Å². The van der Waals surface area contributed by atoms with E-state index in [1.165, 1.54) is 31.0 Å². The molecular formula is C16H22FNO4S. The second kappa shape index (κ2) is 8.76. The number of hydrogen-bond donors (Lipinski definition) is 1. The number of thioether (sulfide) groups is 1. The van der Waals surface area contributed by atoms with Crippen molar-refractivity contribution in [2.75, 3.05) is 12.9 Å². The Morgan fingerprint density at radius 1 is 1.26 bits per heavy atom. The molecule has 23 heavy (non-hydrogen) atoms. The van der Waals surface area contributed by atoms with Gasteiger partial charge in [0.1, 0.15) is 11.4 Å². The number of carbonyl (C=O) groups excluding carboxylic acids is 2. The number of nitrogens with one attached hydrogen (secondary N) is 1. The molecule has 1 aromatic rings. The molecule has 1 aromatic carbocycles. The Morgan fingerprint density at radius 3 is 2.39 bits per heavy atom. The molecule has 0 aliphatic rings. The molecular weight excluding hydrogens is 321 g/mol. The van der Waals surface area contributed by atoms with Gasteiger partial charge in [-0.25, -0.2) is 14.0 Å². The molecule has 1 amide bonds. The highest BCUT2D eigenvalue weighted by Gasteiger charge is 2.25. The van der Waals surface area contributed by atoms with Crippen LogP contribution in [-0.4, -0.2) is 35.9 Å². The fourth-order valence-electron chi connectivity index (χ4n) is 1.64. The summed E-state index contributed by atoms with van der Waals surface area (Å²) >= 11 is 1.23. The Hall–Kier alpha value is -1.76. The van der Waals surface area contributed by atoms with Crippen molar-refractivity contribution in [2.45, 2.75) is 38.2 Å². The van der Waals surface area contributed by atoms with Crippen LogP contribution < -0.4 is 5.32 Å². The van der Waals surface area contributed by atoms with Crippen LogP contribution in [0.1, 0.15) is 26.3 Å². The molecule has 0 heterocycles. The average Bonchev–Trinajstić information content (AvgIpc) is 2.45. The maximum Gasteiger partial charge on any atom is 0.409 e. The molecule has 0 aliphatic heterocycles. The molecule has 0 radical (unpaired) electrons. The average molecular weight is 343 g/mol. The van der Waals surface area contributed by atoms with E-state index < -0.39 is 23.0 Å². The first-order valence-corrected chi connectivity index (χ1v) is 8.19. The van der Waals surface area contributed by atoms with Gasteiger partial charge in [0.25, 0.3) is 0 Å². The van der Waals surface area contributed by atoms with Crippen molar-refractivity contribution in [1.29, 1.82) is 0 Å². The predicted octanol–water partition coefficient (Wildman–Crippen LogP) is 3.13. The Kier molecular flexibility index (Phi) is 7.35. The van der Waals surface area contributed by atoms with Crippen molar-refractivity contribution in [1.82, 2.24) is 5.32 Å². The Labute approximate surface area is 139 Å². The van der Waals surface area contributed by atoms with Gasteiger partial charge in [0.15, 0.2) is 5.37 Å². The van der Waals surface area contributed by atoms with Crippen molar-refractivity contribution in [2.24, 2.45) is 0 Å². The number of alkyl carbamates (subject to hydrolysis) is 1. The monoisotopic (exact) mass is 343 g/mol. The zero-order chi connectivity index (χ0) is 17.5. The molecule has 0 saturated heterocycles. The van der Waals surface area contributed by atoms with E-state index in [4.69, 9.17) is 4.74 Å². The van der Waals surface area contributed by atoms with Crippen molar-refractivity contribution in [3.8, 4) is 0 Å². The largest absolute Gasteiger partial charge is 0.467 e. The van der Waals surface area contributed by atoms with Gasteiger partial charge < -0.3 is 9.47 Å². The highest BCUT2D eigenvalue weighted by Crippen LogP contribution is 2.15. The molecule has 0 bridgehead atoms. The zero-order valence-corrected chi connectivity index (χ0v) is 14.5. The molecule has 1 rings (SSSR count). The summed E-state index contributed by atoms with van der Waals surface area (Å²) in [6.45, 7) is 5.21. The first-order chi connectivity index (χ1) is 10.7. The molecule has 0 saturated carbocycles. The Bertz CT molecular complexity index is 528. The Morgan fingerprint density at radius 2 is 1.87 bits per heavy atom. The quantitative estimate of drug-likeness (QED) is 0.635. The minimum atomic E-state index is -0.852. The molecule has 1 N–H and O–H groups in total. The van der Waals surface area contributed by atoms with Crippen molar-refractivity contribution in [3.63, 3.8) is 0 Å². The zero-order valence-electron chi connectivity index (χ0n) is 13.7. The first kappa shape index (κ1) is 19.3. The SMILES string of the molecule is COC(=O)C(NC(=O)OC(C)(C)C)SCCc1ccc(F)cc1. The third-order valence-corrected chi connectivity index (χ3v) is 3.74. The molecule has 0 aliphatic carbocycles. The normalized spacial score (nSPS) is 12.4. The van der Waals surface area contributed by atoms with Gasteiger partial charge in [-0.1, -0.05) is 12.1 Å². The summed E-state index contributed by atoms with van der Waals surface area (Å²) in [5, 5.41) is 1.64. The predicted molar refractivity (Wildman–Crippen MR) is 87.7 cm³/mol. The van der Waals surface area contributed by atoms with Gasteiger partial charge >= 0.3 is 12.1 Å². The molecule has 5 nitrogen and oxygen atoms in total. The summed E-state index contributed by atoms with van der Waals surface area (Å²) in [5.74, 6) is -0.290. The van der Waals surface area contributed by atoms with Gasteiger partial charge in [-0.15, -0.1) is 11.8 Å². The van der Waals surface area contributed by atoms with Crippen LogP contribution in [0.5, 0.6) is 0 Å². The van der Waals surface area contributed by atoms with Crippen LogP contribution in [0.4, 0.5) is 9.18 Å². The molecule has 0 aromatic heterocycles. The van der Waals surface area contributed by atoms with E-state index in [-0.39, 0.29) is 5.82 Å². The summed E-state index contributed by atoms with van der Waals surface area (Å²) < 4.78 is 22.6.